The second kappa shape index (κ2) is 10.4. The Morgan fingerprint density at radius 1 is 0.967 bits per heavy atom. The molecule has 30 heavy (non-hydrogen) atoms. The first kappa shape index (κ1) is 25.1. The van der Waals surface area contributed by atoms with Gasteiger partial charge in [0.2, 0.25) is 0 Å². The fraction of sp³-hybridized carbons (Fsp3) is 0.632. The third kappa shape index (κ3) is 4.52. The molecule has 0 fully saturated rings. The highest BCUT2D eigenvalue weighted by Crippen LogP contribution is 2.81. The number of hydrogen-bond donors (Lipinski definition) is 0. The van der Waals surface area contributed by atoms with Gasteiger partial charge in [-0.3, -0.25) is 13.9 Å². The molecule has 1 atom stereocenters. The molecule has 0 saturated heterocycles. The highest BCUT2D eigenvalue weighted by Gasteiger charge is 2.69. The van der Waals surface area contributed by atoms with Gasteiger partial charge in [-0.2, -0.15) is 10.2 Å². The molecule has 1 aliphatic rings. The van der Waals surface area contributed by atoms with Gasteiger partial charge in [0.25, 0.3) is 5.02 Å². The summed E-state index contributed by atoms with van der Waals surface area (Å²) >= 11 is 0. The van der Waals surface area contributed by atoms with E-state index in [-0.39, 0.29) is 38.6 Å². The maximum absolute atomic E-state index is 13.9. The van der Waals surface area contributed by atoms with Crippen LogP contribution in [0.15, 0.2) is 34.5 Å². The highest BCUT2D eigenvalue weighted by molar-refractivity contribution is 7.74. The third-order valence-corrected chi connectivity index (χ3v) is 10.8. The number of aryl methyl sites for hydroxylation is 1. The number of nitrogens with zero attached hydrogens (tertiary/aromatic N) is 2. The summed E-state index contributed by atoms with van der Waals surface area (Å²) < 4.78 is 49.7. The number of carbonyl (C=O) groups is 1. The Labute approximate surface area is 177 Å². The Morgan fingerprint density at radius 3 is 1.87 bits per heavy atom. The summed E-state index contributed by atoms with van der Waals surface area (Å²) in [6.45, 7) is 8.41. The summed E-state index contributed by atoms with van der Waals surface area (Å²) in [6.07, 6.45) is -0.269. The molecule has 1 aromatic rings. The molecule has 168 valence electrons. The van der Waals surface area contributed by atoms with Crippen molar-refractivity contribution in [1.82, 2.24) is 0 Å². The molecule has 0 N–H and O–H groups in total. The molecule has 1 aromatic carbocycles. The van der Waals surface area contributed by atoms with Crippen LogP contribution >= 0.6 is 15.2 Å². The van der Waals surface area contributed by atoms with E-state index in [0.717, 1.165) is 5.56 Å². The van der Waals surface area contributed by atoms with Crippen molar-refractivity contribution < 1.29 is 32.0 Å². The molecular weight excluding hydrogens is 430 g/mol. The summed E-state index contributed by atoms with van der Waals surface area (Å²) in [5.41, 5.74) is 1.23. The lowest BCUT2D eigenvalue weighted by Crippen LogP contribution is -2.33. The third-order valence-electron chi connectivity index (χ3n) is 4.61. The van der Waals surface area contributed by atoms with Crippen LogP contribution < -0.4 is 0 Å². The van der Waals surface area contributed by atoms with Gasteiger partial charge in [0.15, 0.2) is 5.78 Å². The van der Waals surface area contributed by atoms with Gasteiger partial charge in [-0.15, -0.1) is 0 Å². The second-order valence-electron chi connectivity index (χ2n) is 6.55. The predicted octanol–water partition coefficient (Wildman–Crippen LogP) is 5.59. The van der Waals surface area contributed by atoms with Gasteiger partial charge < -0.3 is 18.1 Å². The van der Waals surface area contributed by atoms with E-state index >= 15 is 0 Å². The van der Waals surface area contributed by atoms with Crippen LogP contribution in [0.1, 0.15) is 50.0 Å². The van der Waals surface area contributed by atoms with E-state index in [1.807, 2.05) is 19.1 Å². The molecule has 11 heteroatoms. The Balaban J connectivity index is 2.58. The summed E-state index contributed by atoms with van der Waals surface area (Å²) in [7, 11) is -8.37. The lowest BCUT2D eigenvalue weighted by atomic mass is 9.99. The van der Waals surface area contributed by atoms with E-state index < -0.39 is 26.3 Å². The lowest BCUT2D eigenvalue weighted by molar-refractivity contribution is 0.0959. The topological polar surface area (TPSA) is 113 Å². The molecule has 1 unspecified atom stereocenters. The van der Waals surface area contributed by atoms with Crippen LogP contribution in [-0.4, -0.2) is 43.3 Å². The quantitative estimate of drug-likeness (QED) is 0.295. The van der Waals surface area contributed by atoms with Crippen molar-refractivity contribution >= 4 is 21.0 Å². The van der Waals surface area contributed by atoms with E-state index in [2.05, 4.69) is 10.2 Å². The van der Waals surface area contributed by atoms with Gasteiger partial charge >= 0.3 is 15.2 Å². The Hall–Kier alpha value is -1.21. The van der Waals surface area contributed by atoms with Crippen molar-refractivity contribution in [3.8, 4) is 0 Å². The average molecular weight is 460 g/mol. The van der Waals surface area contributed by atoms with Gasteiger partial charge in [-0.1, -0.05) is 24.3 Å². The molecule has 0 spiro atoms. The van der Waals surface area contributed by atoms with Crippen LogP contribution in [0.3, 0.4) is 0 Å². The van der Waals surface area contributed by atoms with E-state index in [4.69, 9.17) is 18.1 Å². The lowest BCUT2D eigenvalue weighted by Gasteiger charge is -2.36. The van der Waals surface area contributed by atoms with Crippen molar-refractivity contribution in [2.45, 2.75) is 52.1 Å². The van der Waals surface area contributed by atoms with E-state index in [0.29, 0.717) is 5.56 Å². The summed E-state index contributed by atoms with van der Waals surface area (Å²) in [5, 5.41) is 6.15. The van der Waals surface area contributed by atoms with Gasteiger partial charge in [0, 0.05) is 12.0 Å². The van der Waals surface area contributed by atoms with Gasteiger partial charge in [-0.25, -0.2) is 0 Å². The standard InChI is InChI=1S/C19H30N2O7P2/c1-6-25-29(23,26-7-2)19(30(24,27-8-3)28-9-4)14-17(20-21-19)18(22)16-13-11-10-12-15(16)5/h10-13,17H,6-9,14H2,1-5H3. The number of carbonyl (C=O) groups excluding carboxylic acids is 1. The summed E-state index contributed by atoms with van der Waals surface area (Å²) in [5.74, 6) is -0.321. The minimum absolute atomic E-state index is 0.0171. The number of Topliss-reactive ketones (excluding diaryl/α,β-unsaturated/α-hetero) is 1. The Kier molecular flexibility index (Phi) is 8.69. The Bertz CT molecular complexity index is 824. The first-order valence-electron chi connectivity index (χ1n) is 10.0. The maximum Gasteiger partial charge on any atom is 0.372 e. The Morgan fingerprint density at radius 2 is 1.43 bits per heavy atom. The molecule has 0 radical (unpaired) electrons. The van der Waals surface area contributed by atoms with Crippen molar-refractivity contribution in [2.75, 3.05) is 26.4 Å². The SMILES string of the molecule is CCOP(=O)(OCC)C1(P(=O)(OCC)OCC)CC(C(=O)c2ccccc2C)N=N1. The molecule has 9 nitrogen and oxygen atoms in total. The van der Waals surface area contributed by atoms with Crippen molar-refractivity contribution in [3.05, 3.63) is 35.4 Å². The molecule has 0 bridgehead atoms. The van der Waals surface area contributed by atoms with Crippen LogP contribution in [0.2, 0.25) is 0 Å². The van der Waals surface area contributed by atoms with Gasteiger partial charge in [0.05, 0.1) is 26.4 Å². The monoisotopic (exact) mass is 460 g/mol. The smallest absolute Gasteiger partial charge is 0.307 e. The molecule has 0 amide bonds. The second-order valence-corrected chi connectivity index (χ2v) is 11.4. The number of azo groups is 1. The molecule has 2 rings (SSSR count). The van der Waals surface area contributed by atoms with E-state index in [9.17, 15) is 13.9 Å². The minimum Gasteiger partial charge on any atom is -0.307 e. The summed E-state index contributed by atoms with van der Waals surface area (Å²) in [6, 6.07) is 6.04. The number of hydrogen-bond acceptors (Lipinski definition) is 9. The molecule has 0 aliphatic carbocycles. The molecule has 1 aliphatic heterocycles. The highest BCUT2D eigenvalue weighted by atomic mass is 31.2. The molecule has 0 aromatic heterocycles. The first-order chi connectivity index (χ1) is 14.2. The van der Waals surface area contributed by atoms with Crippen molar-refractivity contribution in [2.24, 2.45) is 10.2 Å². The maximum atomic E-state index is 13.9. The van der Waals surface area contributed by atoms with E-state index in [1.54, 1.807) is 39.8 Å². The zero-order chi connectivity index (χ0) is 22.4. The van der Waals surface area contributed by atoms with Crippen LogP contribution in [0, 0.1) is 6.92 Å². The predicted molar refractivity (Wildman–Crippen MR) is 113 cm³/mol. The minimum atomic E-state index is -4.19. The van der Waals surface area contributed by atoms with Gasteiger partial charge in [-0.05, 0) is 40.2 Å². The number of rotatable bonds is 12. The average Bonchev–Trinajstić information content (AvgIpc) is 3.17. The fourth-order valence-electron chi connectivity index (χ4n) is 3.33. The first-order valence-corrected chi connectivity index (χ1v) is 13.1. The zero-order valence-electron chi connectivity index (χ0n) is 18.1. The van der Waals surface area contributed by atoms with Crippen LogP contribution in [0.4, 0.5) is 0 Å². The summed E-state index contributed by atoms with van der Waals surface area (Å²) in [4.78, 5) is 13.1. The van der Waals surface area contributed by atoms with Crippen LogP contribution in [0.5, 0.6) is 0 Å². The zero-order valence-corrected chi connectivity index (χ0v) is 19.9. The van der Waals surface area contributed by atoms with Crippen LogP contribution in [-0.2, 0) is 27.2 Å². The molecule has 1 heterocycles. The normalized spacial score (nSPS) is 18.6. The van der Waals surface area contributed by atoms with Crippen molar-refractivity contribution in [1.29, 1.82) is 0 Å². The largest absolute Gasteiger partial charge is 0.372 e. The number of benzene rings is 1. The van der Waals surface area contributed by atoms with Crippen LogP contribution in [0.25, 0.3) is 0 Å². The fourth-order valence-corrected chi connectivity index (χ4v) is 8.67. The molecular formula is C19H30N2O7P2. The van der Waals surface area contributed by atoms with Crippen molar-refractivity contribution in [3.63, 3.8) is 0 Å². The van der Waals surface area contributed by atoms with Gasteiger partial charge in [0.1, 0.15) is 6.04 Å². The molecule has 0 saturated carbocycles. The number of ketones is 1. The van der Waals surface area contributed by atoms with E-state index in [1.165, 1.54) is 0 Å².